The second-order valence-electron chi connectivity index (χ2n) is 5.35. The van der Waals surface area contributed by atoms with E-state index < -0.39 is 0 Å². The van der Waals surface area contributed by atoms with Crippen molar-refractivity contribution in [2.45, 2.75) is 50.7 Å². The van der Waals surface area contributed by atoms with Gasteiger partial charge in [-0.2, -0.15) is 0 Å². The summed E-state index contributed by atoms with van der Waals surface area (Å²) in [5.41, 5.74) is 3.59. The van der Waals surface area contributed by atoms with Crippen LogP contribution >= 0.6 is 11.6 Å². The summed E-state index contributed by atoms with van der Waals surface area (Å²) in [6, 6.07) is 4.97. The molecule has 0 aromatic heterocycles. The van der Waals surface area contributed by atoms with E-state index in [-0.39, 0.29) is 16.9 Å². The SMILES string of the molecule is NNC(CCC1CCCCO1)Cc1cccc(F)c1Cl. The number of hydrogen-bond donors (Lipinski definition) is 2. The minimum Gasteiger partial charge on any atom is -0.378 e. The molecule has 20 heavy (non-hydrogen) atoms. The number of nitrogens with two attached hydrogens (primary N) is 1. The molecule has 0 saturated carbocycles. The number of ether oxygens (including phenoxy) is 1. The molecule has 0 bridgehead atoms. The first kappa shape index (κ1) is 15.7. The van der Waals surface area contributed by atoms with Crippen LogP contribution in [0.4, 0.5) is 4.39 Å². The summed E-state index contributed by atoms with van der Waals surface area (Å²) in [6.45, 7) is 0.862. The summed E-state index contributed by atoms with van der Waals surface area (Å²) in [4.78, 5) is 0. The molecule has 0 spiro atoms. The fraction of sp³-hybridized carbons (Fsp3) is 0.600. The van der Waals surface area contributed by atoms with Gasteiger partial charge in [0.2, 0.25) is 0 Å². The zero-order chi connectivity index (χ0) is 14.4. The van der Waals surface area contributed by atoms with E-state index in [9.17, 15) is 4.39 Å². The van der Waals surface area contributed by atoms with Crippen LogP contribution in [-0.4, -0.2) is 18.8 Å². The van der Waals surface area contributed by atoms with Crippen molar-refractivity contribution in [1.82, 2.24) is 5.43 Å². The van der Waals surface area contributed by atoms with Gasteiger partial charge in [-0.15, -0.1) is 0 Å². The molecule has 1 saturated heterocycles. The van der Waals surface area contributed by atoms with Crippen molar-refractivity contribution in [2.75, 3.05) is 6.61 Å². The number of hydrazine groups is 1. The topological polar surface area (TPSA) is 47.3 Å². The molecule has 0 amide bonds. The van der Waals surface area contributed by atoms with Crippen molar-refractivity contribution in [1.29, 1.82) is 0 Å². The molecule has 1 fully saturated rings. The second-order valence-corrected chi connectivity index (χ2v) is 5.72. The van der Waals surface area contributed by atoms with Crippen LogP contribution in [0.1, 0.15) is 37.7 Å². The van der Waals surface area contributed by atoms with Gasteiger partial charge in [0.25, 0.3) is 0 Å². The van der Waals surface area contributed by atoms with E-state index in [4.69, 9.17) is 22.2 Å². The van der Waals surface area contributed by atoms with Gasteiger partial charge in [0, 0.05) is 12.6 Å². The molecule has 2 rings (SSSR count). The molecule has 1 aromatic carbocycles. The lowest BCUT2D eigenvalue weighted by molar-refractivity contribution is 0.00858. The summed E-state index contributed by atoms with van der Waals surface area (Å²) >= 11 is 5.97. The predicted octanol–water partition coefficient (Wildman–Crippen LogP) is 3.20. The molecule has 1 aromatic rings. The summed E-state index contributed by atoms with van der Waals surface area (Å²) in [5.74, 6) is 5.22. The maximum atomic E-state index is 13.4. The normalized spacial score (nSPS) is 20.9. The van der Waals surface area contributed by atoms with E-state index in [1.165, 1.54) is 12.5 Å². The molecule has 2 unspecified atom stereocenters. The average Bonchev–Trinajstić information content (AvgIpc) is 2.49. The molecule has 112 valence electrons. The Morgan fingerprint density at radius 3 is 3.00 bits per heavy atom. The molecule has 1 aliphatic rings. The molecule has 0 aliphatic carbocycles. The first-order valence-corrected chi connectivity index (χ1v) is 7.59. The lowest BCUT2D eigenvalue weighted by Gasteiger charge is -2.25. The molecule has 5 heteroatoms. The van der Waals surface area contributed by atoms with E-state index in [1.54, 1.807) is 6.07 Å². The van der Waals surface area contributed by atoms with Crippen molar-refractivity contribution in [2.24, 2.45) is 5.84 Å². The maximum Gasteiger partial charge on any atom is 0.142 e. The van der Waals surface area contributed by atoms with Crippen LogP contribution in [0.5, 0.6) is 0 Å². The molecular weight excluding hydrogens is 279 g/mol. The minimum absolute atomic E-state index is 0.0832. The lowest BCUT2D eigenvalue weighted by atomic mass is 9.98. The monoisotopic (exact) mass is 300 g/mol. The Bertz CT molecular complexity index is 424. The van der Waals surface area contributed by atoms with Crippen LogP contribution in [0.3, 0.4) is 0 Å². The molecule has 2 atom stereocenters. The Hall–Kier alpha value is -0.680. The summed E-state index contributed by atoms with van der Waals surface area (Å²) in [5, 5.41) is 0.196. The summed E-state index contributed by atoms with van der Waals surface area (Å²) in [6.07, 6.45) is 6.35. The predicted molar refractivity (Wildman–Crippen MR) is 79.1 cm³/mol. The highest BCUT2D eigenvalue weighted by Crippen LogP contribution is 2.23. The van der Waals surface area contributed by atoms with Gasteiger partial charge in [-0.3, -0.25) is 11.3 Å². The molecule has 0 radical (unpaired) electrons. The Labute approximate surface area is 124 Å². The first-order chi connectivity index (χ1) is 9.70. The van der Waals surface area contributed by atoms with Gasteiger partial charge in [0.15, 0.2) is 0 Å². The molecule has 1 aliphatic heterocycles. The van der Waals surface area contributed by atoms with Crippen molar-refractivity contribution in [3.8, 4) is 0 Å². The smallest absolute Gasteiger partial charge is 0.142 e. The number of nitrogens with one attached hydrogen (secondary N) is 1. The highest BCUT2D eigenvalue weighted by molar-refractivity contribution is 6.31. The third-order valence-electron chi connectivity index (χ3n) is 3.84. The van der Waals surface area contributed by atoms with Gasteiger partial charge in [0.05, 0.1) is 11.1 Å². The van der Waals surface area contributed by atoms with E-state index in [0.717, 1.165) is 37.9 Å². The first-order valence-electron chi connectivity index (χ1n) is 7.21. The van der Waals surface area contributed by atoms with E-state index >= 15 is 0 Å². The van der Waals surface area contributed by atoms with Gasteiger partial charge in [-0.1, -0.05) is 23.7 Å². The fourth-order valence-electron chi connectivity index (χ4n) is 2.64. The quantitative estimate of drug-likeness (QED) is 0.626. The highest BCUT2D eigenvalue weighted by Gasteiger charge is 2.17. The Balaban J connectivity index is 1.86. The van der Waals surface area contributed by atoms with Crippen LogP contribution in [0, 0.1) is 5.82 Å². The van der Waals surface area contributed by atoms with Gasteiger partial charge in [-0.25, -0.2) is 4.39 Å². The van der Waals surface area contributed by atoms with Gasteiger partial charge in [0.1, 0.15) is 5.82 Å². The van der Waals surface area contributed by atoms with Crippen molar-refractivity contribution < 1.29 is 9.13 Å². The van der Waals surface area contributed by atoms with Gasteiger partial charge >= 0.3 is 0 Å². The summed E-state index contributed by atoms with van der Waals surface area (Å²) < 4.78 is 19.1. The maximum absolute atomic E-state index is 13.4. The Morgan fingerprint density at radius 1 is 1.45 bits per heavy atom. The number of hydrogen-bond acceptors (Lipinski definition) is 3. The number of benzene rings is 1. The zero-order valence-electron chi connectivity index (χ0n) is 11.6. The Morgan fingerprint density at radius 2 is 2.30 bits per heavy atom. The van der Waals surface area contributed by atoms with Crippen LogP contribution in [0.2, 0.25) is 5.02 Å². The zero-order valence-corrected chi connectivity index (χ0v) is 12.3. The third kappa shape index (κ3) is 4.42. The van der Waals surface area contributed by atoms with Crippen LogP contribution < -0.4 is 11.3 Å². The number of halogens is 2. The number of rotatable bonds is 6. The standard InChI is InChI=1S/C15H22ClFN2O/c16-15-11(4-3-6-14(15)17)10-12(19-18)7-8-13-5-1-2-9-20-13/h3-4,6,12-13,19H,1-2,5,7-10,18H2. The molecule has 3 N–H and O–H groups in total. The third-order valence-corrected chi connectivity index (χ3v) is 4.27. The van der Waals surface area contributed by atoms with Gasteiger partial charge < -0.3 is 4.74 Å². The summed E-state index contributed by atoms with van der Waals surface area (Å²) in [7, 11) is 0. The molecule has 1 heterocycles. The van der Waals surface area contributed by atoms with E-state index in [0.29, 0.717) is 12.5 Å². The van der Waals surface area contributed by atoms with E-state index in [1.807, 2.05) is 6.07 Å². The average molecular weight is 301 g/mol. The Kier molecular flexibility index (Phi) is 6.23. The molecule has 3 nitrogen and oxygen atoms in total. The highest BCUT2D eigenvalue weighted by atomic mass is 35.5. The van der Waals surface area contributed by atoms with Crippen LogP contribution in [-0.2, 0) is 11.2 Å². The van der Waals surface area contributed by atoms with Crippen LogP contribution in [0.25, 0.3) is 0 Å². The molecular formula is C15H22ClFN2O. The lowest BCUT2D eigenvalue weighted by Crippen LogP contribution is -2.37. The van der Waals surface area contributed by atoms with Gasteiger partial charge in [-0.05, 0) is 50.2 Å². The largest absolute Gasteiger partial charge is 0.378 e. The van der Waals surface area contributed by atoms with Crippen molar-refractivity contribution in [3.05, 3.63) is 34.6 Å². The van der Waals surface area contributed by atoms with Crippen LogP contribution in [0.15, 0.2) is 18.2 Å². The second kappa shape index (κ2) is 7.93. The van der Waals surface area contributed by atoms with Crippen molar-refractivity contribution in [3.63, 3.8) is 0 Å². The van der Waals surface area contributed by atoms with E-state index in [2.05, 4.69) is 5.43 Å². The minimum atomic E-state index is -0.379. The fourth-order valence-corrected chi connectivity index (χ4v) is 2.84. The van der Waals surface area contributed by atoms with Crippen molar-refractivity contribution >= 4 is 11.6 Å².